The van der Waals surface area contributed by atoms with Gasteiger partial charge in [-0.15, -0.1) is 0 Å². The first-order chi connectivity index (χ1) is 38.8. The number of piperazine rings is 2. The van der Waals surface area contributed by atoms with E-state index in [-0.39, 0.29) is 24.1 Å². The molecule has 2 rings (SSSR count). The zero-order chi connectivity index (χ0) is 56.8. The van der Waals surface area contributed by atoms with E-state index in [0.717, 1.165) is 207 Å². The van der Waals surface area contributed by atoms with Gasteiger partial charge in [-0.05, 0) is 83.5 Å². The van der Waals surface area contributed by atoms with Crippen LogP contribution in [0.5, 0.6) is 0 Å². The molecule has 2 aliphatic heterocycles. The first-order valence-corrected chi connectivity index (χ1v) is 35.8. The van der Waals surface area contributed by atoms with E-state index in [9.17, 15) is 14.2 Å². The summed E-state index contributed by atoms with van der Waals surface area (Å²) in [7, 11) is -3.76. The van der Waals surface area contributed by atoms with Gasteiger partial charge in [0.1, 0.15) is 12.2 Å². The molecule has 2 N–H and O–H groups in total. The van der Waals surface area contributed by atoms with Crippen LogP contribution in [0.2, 0.25) is 0 Å². The van der Waals surface area contributed by atoms with E-state index in [0.29, 0.717) is 32.7 Å². The fourth-order valence-corrected chi connectivity index (χ4v) is 12.4. The minimum absolute atomic E-state index is 0.0381. The summed E-state index contributed by atoms with van der Waals surface area (Å²) in [5, 5.41) is 6.95. The van der Waals surface area contributed by atoms with Gasteiger partial charge in [0, 0.05) is 97.9 Å². The quantitative estimate of drug-likeness (QED) is 0.0341. The highest BCUT2D eigenvalue weighted by Gasteiger charge is 2.27. The van der Waals surface area contributed by atoms with Crippen molar-refractivity contribution >= 4 is 19.8 Å². The summed E-state index contributed by atoms with van der Waals surface area (Å²) in [5.41, 5.74) is 0. The molecule has 0 amide bonds. The maximum Gasteiger partial charge on any atom is 0.474 e. The summed E-state index contributed by atoms with van der Waals surface area (Å²) in [5.74, 6) is -0.0762. The Bertz CT molecular complexity index is 1270. The van der Waals surface area contributed by atoms with Crippen molar-refractivity contribution in [3.05, 3.63) is 0 Å². The molecule has 0 aromatic carbocycles. The van der Waals surface area contributed by atoms with Gasteiger partial charge in [-0.2, -0.15) is 0 Å². The molecule has 79 heavy (non-hydrogen) atoms. The number of rotatable bonds is 59. The van der Waals surface area contributed by atoms with Gasteiger partial charge < -0.3 is 25.0 Å². The summed E-state index contributed by atoms with van der Waals surface area (Å²) in [6.45, 7) is 23.6. The molecule has 0 bridgehead atoms. The molecule has 2 heterocycles. The lowest BCUT2D eigenvalue weighted by Gasteiger charge is -2.33. The van der Waals surface area contributed by atoms with Crippen LogP contribution in [0.3, 0.4) is 0 Å². The molecule has 0 saturated carbocycles. The highest BCUT2D eigenvalue weighted by Crippen LogP contribution is 2.50. The molecule has 0 unspecified atom stereocenters. The number of unbranched alkanes of at least 4 members (excludes halogenated alkanes) is 28. The molecular weight excluding hydrogens is 1010 g/mol. The number of phosphoric ester groups is 1. The predicted molar refractivity (Wildman–Crippen MR) is 332 cm³/mol. The molecule has 0 atom stereocenters. The lowest BCUT2D eigenvalue weighted by atomic mass is 10.0. The molecule has 2 saturated heterocycles. The third kappa shape index (κ3) is 45.9. The topological polar surface area (TPSA) is 131 Å². The Kier molecular flexibility index (Phi) is 51.3. The second kappa shape index (κ2) is 54.8. The minimum atomic E-state index is -3.76. The average Bonchev–Trinajstić information content (AvgIpc) is 3.46. The number of hydrogen-bond donors (Lipinski definition) is 2. The van der Waals surface area contributed by atoms with Gasteiger partial charge in [0.15, 0.2) is 0 Å². The fraction of sp³-hybridized carbons (Fsp3) is 0.969. The number of nitrogens with one attached hydrogen (secondary N) is 2. The normalized spacial score (nSPS) is 14.8. The van der Waals surface area contributed by atoms with Crippen LogP contribution < -0.4 is 10.6 Å². The lowest BCUT2D eigenvalue weighted by molar-refractivity contribution is -0.151. The Hall–Kier alpha value is -1.15. The molecular formula is C65H130N5O8P. The minimum Gasteiger partial charge on any atom is -0.462 e. The van der Waals surface area contributed by atoms with Crippen LogP contribution in [0.4, 0.5) is 0 Å². The second-order valence-electron chi connectivity index (χ2n) is 23.8. The third-order valence-electron chi connectivity index (χ3n) is 16.4. The SMILES string of the molecule is CCCCCCCCC(CCCCCCCC)OC(=O)CCCCCCCOP(=O)(OCCCCCCCC(=O)OC(CCCCCCCC)CCCCCCCC)OCCCN(CCN1CCNCC1)CCN1CCNCC1. The number of carbonyl (C=O) groups excluding carboxylic acids is 2. The molecule has 14 heteroatoms. The van der Waals surface area contributed by atoms with Crippen LogP contribution in [0, 0.1) is 0 Å². The monoisotopic (exact) mass is 1140 g/mol. The van der Waals surface area contributed by atoms with Crippen molar-refractivity contribution in [3.8, 4) is 0 Å². The zero-order valence-electron chi connectivity index (χ0n) is 52.5. The summed E-state index contributed by atoms with van der Waals surface area (Å²) < 4.78 is 44.6. The summed E-state index contributed by atoms with van der Waals surface area (Å²) in [6.07, 6.45) is 44.9. The molecule has 0 spiro atoms. The Morgan fingerprint density at radius 1 is 0.392 bits per heavy atom. The molecule has 0 aromatic heterocycles. The van der Waals surface area contributed by atoms with E-state index in [4.69, 9.17) is 23.0 Å². The first kappa shape index (κ1) is 74.0. The second-order valence-corrected chi connectivity index (χ2v) is 25.5. The van der Waals surface area contributed by atoms with Crippen molar-refractivity contribution in [2.75, 3.05) is 105 Å². The van der Waals surface area contributed by atoms with Crippen LogP contribution in [0.15, 0.2) is 0 Å². The Morgan fingerprint density at radius 3 is 1.03 bits per heavy atom. The number of hydrogen-bond acceptors (Lipinski definition) is 13. The maximum atomic E-state index is 14.2. The van der Waals surface area contributed by atoms with Gasteiger partial charge in [-0.25, -0.2) is 4.57 Å². The molecule has 468 valence electrons. The van der Waals surface area contributed by atoms with Crippen molar-refractivity contribution in [3.63, 3.8) is 0 Å². The van der Waals surface area contributed by atoms with Gasteiger partial charge >= 0.3 is 19.8 Å². The Labute approximate surface area is 488 Å². The summed E-state index contributed by atoms with van der Waals surface area (Å²) in [4.78, 5) is 33.7. The number of ether oxygens (including phenoxy) is 2. The van der Waals surface area contributed by atoms with Gasteiger partial charge in [-0.1, -0.05) is 195 Å². The van der Waals surface area contributed by atoms with E-state index in [1.807, 2.05) is 0 Å². The third-order valence-corrected chi connectivity index (χ3v) is 17.9. The highest BCUT2D eigenvalue weighted by atomic mass is 31.2. The van der Waals surface area contributed by atoms with Gasteiger partial charge in [-0.3, -0.25) is 33.0 Å². The number of nitrogens with zero attached hydrogens (tertiary/aromatic N) is 3. The van der Waals surface area contributed by atoms with Gasteiger partial charge in [0.05, 0.1) is 19.8 Å². The first-order valence-electron chi connectivity index (χ1n) is 34.3. The van der Waals surface area contributed by atoms with Crippen molar-refractivity contribution in [1.82, 2.24) is 25.3 Å². The number of phosphoric acid groups is 1. The molecule has 0 aliphatic carbocycles. The number of carbonyl (C=O) groups is 2. The number of esters is 2. The van der Waals surface area contributed by atoms with E-state index >= 15 is 0 Å². The van der Waals surface area contributed by atoms with Crippen molar-refractivity contribution in [1.29, 1.82) is 0 Å². The van der Waals surface area contributed by atoms with Crippen LogP contribution in [-0.4, -0.2) is 144 Å². The summed E-state index contributed by atoms with van der Waals surface area (Å²) >= 11 is 0. The van der Waals surface area contributed by atoms with E-state index in [2.05, 4.69) is 53.0 Å². The Morgan fingerprint density at radius 2 is 0.684 bits per heavy atom. The van der Waals surface area contributed by atoms with Crippen LogP contribution in [0.1, 0.15) is 291 Å². The largest absolute Gasteiger partial charge is 0.474 e. The molecule has 2 fully saturated rings. The standard InChI is InChI=1S/C65H130N5O8P/c1-5-9-13-17-23-31-40-62(41-32-24-18-14-10-6-2)77-64(71)44-35-27-21-29-37-59-74-79(73,76-61-39-50-68(55-57-69-51-46-66-47-52-69)56-58-70-53-48-67-49-54-70)75-60-38-30-22-28-36-45-65(72)78-63(42-33-25-19-15-11-7-3)43-34-26-20-16-12-8-4/h62-63,66-67H,5-61H2,1-4H3. The van der Waals surface area contributed by atoms with Crippen molar-refractivity contribution in [2.45, 2.75) is 303 Å². The van der Waals surface area contributed by atoms with Crippen LogP contribution in [0.25, 0.3) is 0 Å². The zero-order valence-corrected chi connectivity index (χ0v) is 53.4. The van der Waals surface area contributed by atoms with Gasteiger partial charge in [0.2, 0.25) is 0 Å². The van der Waals surface area contributed by atoms with Gasteiger partial charge in [0.25, 0.3) is 0 Å². The fourth-order valence-electron chi connectivity index (χ4n) is 11.1. The molecule has 2 aliphatic rings. The van der Waals surface area contributed by atoms with E-state index < -0.39 is 7.82 Å². The van der Waals surface area contributed by atoms with Crippen LogP contribution in [-0.2, 0) is 37.2 Å². The van der Waals surface area contributed by atoms with Crippen LogP contribution >= 0.6 is 7.82 Å². The smallest absolute Gasteiger partial charge is 0.462 e. The molecule has 13 nitrogen and oxygen atoms in total. The predicted octanol–water partition coefficient (Wildman–Crippen LogP) is 16.2. The van der Waals surface area contributed by atoms with E-state index in [1.165, 1.54) is 128 Å². The van der Waals surface area contributed by atoms with Crippen molar-refractivity contribution in [2.24, 2.45) is 0 Å². The molecule has 0 radical (unpaired) electrons. The Balaban J connectivity index is 1.84. The summed E-state index contributed by atoms with van der Waals surface area (Å²) in [6, 6.07) is 0. The lowest BCUT2D eigenvalue weighted by Crippen LogP contribution is -2.48. The maximum absolute atomic E-state index is 14.2. The highest BCUT2D eigenvalue weighted by molar-refractivity contribution is 7.48. The van der Waals surface area contributed by atoms with E-state index in [1.54, 1.807) is 0 Å². The molecule has 0 aromatic rings. The average molecular weight is 1140 g/mol. The van der Waals surface area contributed by atoms with Crippen molar-refractivity contribution < 1.29 is 37.2 Å².